The Morgan fingerprint density at radius 3 is 2.00 bits per heavy atom. The van der Waals surface area contributed by atoms with Crippen LogP contribution in [0.2, 0.25) is 0 Å². The molecule has 90 valence electrons. The summed E-state index contributed by atoms with van der Waals surface area (Å²) in [6, 6.07) is 3.60. The van der Waals surface area contributed by atoms with Gasteiger partial charge in [0, 0.05) is 23.4 Å². The molecule has 1 N–H and O–H groups in total. The van der Waals surface area contributed by atoms with E-state index < -0.39 is 0 Å². The van der Waals surface area contributed by atoms with Crippen molar-refractivity contribution in [1.82, 2.24) is 0 Å². The molecular weight excluding hydrogens is 228 g/mol. The van der Waals surface area contributed by atoms with Gasteiger partial charge in [-0.05, 0) is 0 Å². The Labute approximate surface area is 99.5 Å². The number of benzene rings is 1. The molecule has 0 spiro atoms. The quantitative estimate of drug-likeness (QED) is 0.774. The Bertz CT molecular complexity index is 316. The third-order valence-electron chi connectivity index (χ3n) is 2.15. The van der Waals surface area contributed by atoms with Crippen LogP contribution in [0.15, 0.2) is 12.1 Å². The van der Waals surface area contributed by atoms with Gasteiger partial charge in [-0.3, -0.25) is 0 Å². The summed E-state index contributed by atoms with van der Waals surface area (Å²) in [6.45, 7) is 0. The van der Waals surface area contributed by atoms with Crippen molar-refractivity contribution in [3.05, 3.63) is 17.7 Å². The number of aliphatic hydroxyl groups excluding tert-OH is 1. The molecule has 0 aliphatic heterocycles. The third kappa shape index (κ3) is 2.96. The first-order valence-corrected chi connectivity index (χ1v) is 5.89. The molecule has 0 aromatic heterocycles. The molecule has 1 aromatic rings. The van der Waals surface area contributed by atoms with E-state index in [2.05, 4.69) is 0 Å². The lowest BCUT2D eigenvalue weighted by atomic mass is 10.2. The molecule has 1 aromatic carbocycles. The van der Waals surface area contributed by atoms with Crippen molar-refractivity contribution in [2.45, 2.75) is 5.75 Å². The second-order valence-corrected chi connectivity index (χ2v) is 3.94. The van der Waals surface area contributed by atoms with Crippen molar-refractivity contribution in [2.75, 3.05) is 27.3 Å². The molecule has 0 saturated heterocycles. The van der Waals surface area contributed by atoms with Gasteiger partial charge >= 0.3 is 0 Å². The SMILES string of the molecule is COc1cc(OC)c(CSCO)c(OC)c1. The molecule has 5 heteroatoms. The maximum atomic E-state index is 8.81. The maximum Gasteiger partial charge on any atom is 0.130 e. The van der Waals surface area contributed by atoms with Crippen LogP contribution < -0.4 is 14.2 Å². The first kappa shape index (κ1) is 13.0. The number of methoxy groups -OCH3 is 3. The van der Waals surface area contributed by atoms with Crippen LogP contribution in [0.3, 0.4) is 0 Å². The van der Waals surface area contributed by atoms with Gasteiger partial charge in [-0.2, -0.15) is 0 Å². The van der Waals surface area contributed by atoms with Crippen LogP contribution in [-0.4, -0.2) is 32.4 Å². The lowest BCUT2D eigenvalue weighted by Crippen LogP contribution is -1.97. The fraction of sp³-hybridized carbons (Fsp3) is 0.455. The second-order valence-electron chi connectivity index (χ2n) is 2.99. The molecule has 0 radical (unpaired) electrons. The van der Waals surface area contributed by atoms with Crippen LogP contribution in [-0.2, 0) is 5.75 Å². The van der Waals surface area contributed by atoms with Gasteiger partial charge in [-0.25, -0.2) is 0 Å². The minimum Gasteiger partial charge on any atom is -0.496 e. The normalized spacial score (nSPS) is 10.0. The first-order chi connectivity index (χ1) is 7.76. The lowest BCUT2D eigenvalue weighted by Gasteiger charge is -2.14. The minimum atomic E-state index is 0.0678. The zero-order chi connectivity index (χ0) is 12.0. The van der Waals surface area contributed by atoms with E-state index in [0.29, 0.717) is 23.0 Å². The van der Waals surface area contributed by atoms with Gasteiger partial charge < -0.3 is 19.3 Å². The van der Waals surface area contributed by atoms with E-state index in [-0.39, 0.29) is 5.94 Å². The minimum absolute atomic E-state index is 0.0678. The Balaban J connectivity index is 3.09. The van der Waals surface area contributed by atoms with Crippen molar-refractivity contribution in [1.29, 1.82) is 0 Å². The van der Waals surface area contributed by atoms with Gasteiger partial charge in [-0.1, -0.05) is 0 Å². The van der Waals surface area contributed by atoms with E-state index in [1.54, 1.807) is 33.5 Å². The summed E-state index contributed by atoms with van der Waals surface area (Å²) in [4.78, 5) is 0. The summed E-state index contributed by atoms with van der Waals surface area (Å²) in [5.74, 6) is 2.80. The fourth-order valence-electron chi connectivity index (χ4n) is 1.37. The summed E-state index contributed by atoms with van der Waals surface area (Å²) in [6.07, 6.45) is 0. The van der Waals surface area contributed by atoms with Crippen LogP contribution in [0, 0.1) is 0 Å². The molecule has 1 rings (SSSR count). The molecule has 0 unspecified atom stereocenters. The molecular formula is C11H16O4S. The second kappa shape index (κ2) is 6.50. The lowest BCUT2D eigenvalue weighted by molar-refractivity contribution is 0.369. The van der Waals surface area contributed by atoms with Crippen LogP contribution in [0.25, 0.3) is 0 Å². The monoisotopic (exact) mass is 244 g/mol. The Hall–Kier alpha value is -1.07. The van der Waals surface area contributed by atoms with E-state index in [0.717, 1.165) is 5.56 Å². The number of hydrogen-bond acceptors (Lipinski definition) is 5. The average Bonchev–Trinajstić information content (AvgIpc) is 2.35. The smallest absolute Gasteiger partial charge is 0.130 e. The number of thioether (sulfide) groups is 1. The summed E-state index contributed by atoms with van der Waals surface area (Å²) in [7, 11) is 4.79. The zero-order valence-electron chi connectivity index (χ0n) is 9.65. The molecule has 0 fully saturated rings. The topological polar surface area (TPSA) is 47.9 Å². The maximum absolute atomic E-state index is 8.81. The molecule has 0 amide bonds. The number of ether oxygens (including phenoxy) is 3. The van der Waals surface area contributed by atoms with Crippen molar-refractivity contribution in [2.24, 2.45) is 0 Å². The van der Waals surface area contributed by atoms with Gasteiger partial charge in [0.05, 0.1) is 27.3 Å². The zero-order valence-corrected chi connectivity index (χ0v) is 10.5. The molecule has 0 aliphatic rings. The van der Waals surface area contributed by atoms with Gasteiger partial charge in [0.25, 0.3) is 0 Å². The fourth-order valence-corrected chi connectivity index (χ4v) is 1.95. The number of aliphatic hydroxyl groups is 1. The molecule has 0 bridgehead atoms. The highest BCUT2D eigenvalue weighted by molar-refractivity contribution is 7.98. The van der Waals surface area contributed by atoms with Gasteiger partial charge in [0.1, 0.15) is 17.2 Å². The van der Waals surface area contributed by atoms with Gasteiger partial charge in [-0.15, -0.1) is 11.8 Å². The molecule has 0 heterocycles. The first-order valence-electron chi connectivity index (χ1n) is 4.74. The van der Waals surface area contributed by atoms with Gasteiger partial charge in [0.2, 0.25) is 0 Å². The van der Waals surface area contributed by atoms with Crippen molar-refractivity contribution >= 4 is 11.8 Å². The highest BCUT2D eigenvalue weighted by atomic mass is 32.2. The van der Waals surface area contributed by atoms with E-state index in [1.165, 1.54) is 11.8 Å². The van der Waals surface area contributed by atoms with Gasteiger partial charge in [0.15, 0.2) is 0 Å². The third-order valence-corrected chi connectivity index (χ3v) is 2.83. The number of rotatable bonds is 6. The summed E-state index contributed by atoms with van der Waals surface area (Å²) >= 11 is 1.39. The molecule has 4 nitrogen and oxygen atoms in total. The van der Waals surface area contributed by atoms with E-state index in [4.69, 9.17) is 19.3 Å². The van der Waals surface area contributed by atoms with Crippen molar-refractivity contribution < 1.29 is 19.3 Å². The predicted molar refractivity (Wildman–Crippen MR) is 64.5 cm³/mol. The molecule has 0 saturated carbocycles. The molecule has 16 heavy (non-hydrogen) atoms. The Kier molecular flexibility index (Phi) is 5.28. The molecule has 0 atom stereocenters. The van der Waals surface area contributed by atoms with E-state index in [9.17, 15) is 0 Å². The number of hydrogen-bond donors (Lipinski definition) is 1. The highest BCUT2D eigenvalue weighted by Crippen LogP contribution is 2.36. The predicted octanol–water partition coefficient (Wildman–Crippen LogP) is 1.90. The average molecular weight is 244 g/mol. The summed E-state index contributed by atoms with van der Waals surface area (Å²) < 4.78 is 15.7. The standard InChI is InChI=1S/C11H16O4S/c1-13-8-4-10(14-2)9(6-16-7-12)11(5-8)15-3/h4-5,12H,6-7H2,1-3H3. The Morgan fingerprint density at radius 1 is 1.06 bits per heavy atom. The van der Waals surface area contributed by atoms with E-state index in [1.807, 2.05) is 0 Å². The van der Waals surface area contributed by atoms with E-state index >= 15 is 0 Å². The Morgan fingerprint density at radius 2 is 1.62 bits per heavy atom. The highest BCUT2D eigenvalue weighted by Gasteiger charge is 2.12. The molecule has 0 aliphatic carbocycles. The summed E-state index contributed by atoms with van der Waals surface area (Å²) in [5.41, 5.74) is 0.921. The largest absolute Gasteiger partial charge is 0.496 e. The van der Waals surface area contributed by atoms with Crippen LogP contribution >= 0.6 is 11.8 Å². The van der Waals surface area contributed by atoms with Crippen molar-refractivity contribution in [3.63, 3.8) is 0 Å². The van der Waals surface area contributed by atoms with Crippen LogP contribution in [0.5, 0.6) is 17.2 Å². The van der Waals surface area contributed by atoms with Crippen LogP contribution in [0.1, 0.15) is 5.56 Å². The van der Waals surface area contributed by atoms with Crippen molar-refractivity contribution in [3.8, 4) is 17.2 Å². The summed E-state index contributed by atoms with van der Waals surface area (Å²) in [5, 5.41) is 8.81. The van der Waals surface area contributed by atoms with Crippen LogP contribution in [0.4, 0.5) is 0 Å².